The number of carbonyl (C=O) groups excluding carboxylic acids is 2. The molecule has 2 fully saturated rings. The van der Waals surface area contributed by atoms with E-state index < -0.39 is 11.7 Å². The van der Waals surface area contributed by atoms with Crippen LogP contribution in [0.5, 0.6) is 0 Å². The van der Waals surface area contributed by atoms with E-state index in [1.165, 1.54) is 6.07 Å². The van der Waals surface area contributed by atoms with Crippen molar-refractivity contribution < 1.29 is 22.8 Å². The zero-order valence-electron chi connectivity index (χ0n) is 16.5. The number of pyridine rings is 1. The molecule has 0 unspecified atom stereocenters. The van der Waals surface area contributed by atoms with E-state index in [2.05, 4.69) is 4.98 Å². The molecule has 0 saturated carbocycles. The van der Waals surface area contributed by atoms with Gasteiger partial charge in [-0.3, -0.25) is 9.59 Å². The minimum absolute atomic E-state index is 0.0329. The molecule has 31 heavy (non-hydrogen) atoms. The highest BCUT2D eigenvalue weighted by Crippen LogP contribution is 2.31. The Morgan fingerprint density at radius 3 is 2.35 bits per heavy atom. The molecular weight excluding hydrogens is 433 g/mol. The van der Waals surface area contributed by atoms with E-state index in [4.69, 9.17) is 11.6 Å². The molecule has 6 nitrogen and oxygen atoms in total. The molecule has 2 aliphatic heterocycles. The van der Waals surface area contributed by atoms with Crippen molar-refractivity contribution >= 4 is 34.9 Å². The first-order valence-corrected chi connectivity index (χ1v) is 10.3. The highest BCUT2D eigenvalue weighted by atomic mass is 35.5. The number of piperazine rings is 1. The number of benzene rings is 1. The number of alkyl halides is 3. The van der Waals surface area contributed by atoms with E-state index >= 15 is 0 Å². The van der Waals surface area contributed by atoms with E-state index in [1.54, 1.807) is 28.0 Å². The molecule has 0 spiro atoms. The third kappa shape index (κ3) is 4.46. The number of carbonyl (C=O) groups is 2. The van der Waals surface area contributed by atoms with Crippen LogP contribution in [0.1, 0.15) is 28.8 Å². The van der Waals surface area contributed by atoms with Crippen LogP contribution >= 0.6 is 11.6 Å². The van der Waals surface area contributed by atoms with Gasteiger partial charge >= 0.3 is 6.18 Å². The average molecular weight is 453 g/mol. The SMILES string of the molecule is O=C(c1ccc(Cl)cc1N1CCCC1=O)N1CCN(c2ccc(C(F)(F)F)cn2)CC1. The molecule has 2 amide bonds. The summed E-state index contributed by atoms with van der Waals surface area (Å²) in [5.74, 6) is 0.204. The van der Waals surface area contributed by atoms with Gasteiger partial charge in [-0.25, -0.2) is 4.98 Å². The smallest absolute Gasteiger partial charge is 0.353 e. The van der Waals surface area contributed by atoms with Gasteiger partial charge in [-0.1, -0.05) is 11.6 Å². The van der Waals surface area contributed by atoms with Gasteiger partial charge in [0.15, 0.2) is 0 Å². The van der Waals surface area contributed by atoms with Gasteiger partial charge in [0.2, 0.25) is 5.91 Å². The van der Waals surface area contributed by atoms with Crippen molar-refractivity contribution in [3.05, 3.63) is 52.7 Å². The molecule has 0 bridgehead atoms. The number of rotatable bonds is 3. The van der Waals surface area contributed by atoms with Crippen molar-refractivity contribution in [1.29, 1.82) is 0 Å². The lowest BCUT2D eigenvalue weighted by Gasteiger charge is -2.36. The molecule has 2 aromatic rings. The summed E-state index contributed by atoms with van der Waals surface area (Å²) in [6, 6.07) is 7.25. The summed E-state index contributed by atoms with van der Waals surface area (Å²) in [5.41, 5.74) is 0.143. The van der Waals surface area contributed by atoms with Crippen LogP contribution in [-0.4, -0.2) is 54.4 Å². The number of anilines is 2. The Bertz CT molecular complexity index is 989. The molecule has 164 valence electrons. The second-order valence-corrected chi connectivity index (χ2v) is 7.93. The van der Waals surface area contributed by atoms with Gasteiger partial charge in [-0.2, -0.15) is 13.2 Å². The molecule has 1 aromatic carbocycles. The summed E-state index contributed by atoms with van der Waals surface area (Å²) in [6.45, 7) is 2.20. The van der Waals surface area contributed by atoms with Gasteiger partial charge in [-0.15, -0.1) is 0 Å². The maximum Gasteiger partial charge on any atom is 0.417 e. The first kappa shape index (κ1) is 21.4. The molecule has 0 aliphatic carbocycles. The summed E-state index contributed by atoms with van der Waals surface area (Å²) in [6.07, 6.45) is -2.43. The van der Waals surface area contributed by atoms with Crippen LogP contribution in [0.4, 0.5) is 24.7 Å². The average Bonchev–Trinajstić information content (AvgIpc) is 3.18. The summed E-state index contributed by atoms with van der Waals surface area (Å²) >= 11 is 6.11. The quantitative estimate of drug-likeness (QED) is 0.710. The number of amides is 2. The summed E-state index contributed by atoms with van der Waals surface area (Å²) in [4.78, 5) is 34.4. The van der Waals surface area contributed by atoms with Crippen molar-refractivity contribution in [2.75, 3.05) is 42.5 Å². The maximum absolute atomic E-state index is 13.2. The topological polar surface area (TPSA) is 56.8 Å². The Labute approximate surface area is 182 Å². The van der Waals surface area contributed by atoms with Gasteiger partial charge in [0.05, 0.1) is 16.8 Å². The Hall–Kier alpha value is -2.81. The van der Waals surface area contributed by atoms with E-state index in [1.807, 2.05) is 4.90 Å². The lowest BCUT2D eigenvalue weighted by atomic mass is 10.1. The molecular formula is C21H20ClF3N4O2. The van der Waals surface area contributed by atoms with E-state index in [0.29, 0.717) is 61.2 Å². The first-order valence-electron chi connectivity index (χ1n) is 9.91. The zero-order valence-corrected chi connectivity index (χ0v) is 17.3. The molecule has 4 rings (SSSR count). The van der Waals surface area contributed by atoms with Crippen LogP contribution in [0.15, 0.2) is 36.5 Å². The predicted octanol–water partition coefficient (Wildman–Crippen LogP) is 3.84. The van der Waals surface area contributed by atoms with Crippen molar-refractivity contribution in [3.63, 3.8) is 0 Å². The summed E-state index contributed by atoms with van der Waals surface area (Å²) < 4.78 is 38.2. The van der Waals surface area contributed by atoms with Crippen LogP contribution < -0.4 is 9.80 Å². The number of hydrogen-bond donors (Lipinski definition) is 0. The van der Waals surface area contributed by atoms with Crippen molar-refractivity contribution in [2.24, 2.45) is 0 Å². The lowest BCUT2D eigenvalue weighted by molar-refractivity contribution is -0.137. The van der Waals surface area contributed by atoms with E-state index in [0.717, 1.165) is 18.7 Å². The predicted molar refractivity (Wildman–Crippen MR) is 110 cm³/mol. The second kappa shape index (κ2) is 8.37. The lowest BCUT2D eigenvalue weighted by Crippen LogP contribution is -2.49. The summed E-state index contributed by atoms with van der Waals surface area (Å²) in [5, 5.41) is 0.449. The highest BCUT2D eigenvalue weighted by Gasteiger charge is 2.32. The van der Waals surface area contributed by atoms with Crippen molar-refractivity contribution in [1.82, 2.24) is 9.88 Å². The molecule has 1 aromatic heterocycles. The fraction of sp³-hybridized carbons (Fsp3) is 0.381. The minimum Gasteiger partial charge on any atom is -0.353 e. The van der Waals surface area contributed by atoms with Gasteiger partial charge in [0.25, 0.3) is 5.91 Å². The Balaban J connectivity index is 1.46. The van der Waals surface area contributed by atoms with Gasteiger partial charge < -0.3 is 14.7 Å². The highest BCUT2D eigenvalue weighted by molar-refractivity contribution is 6.31. The Morgan fingerprint density at radius 1 is 1.03 bits per heavy atom. The largest absolute Gasteiger partial charge is 0.417 e. The number of aromatic nitrogens is 1. The Kier molecular flexibility index (Phi) is 5.79. The monoisotopic (exact) mass is 452 g/mol. The molecule has 2 aliphatic rings. The molecule has 0 N–H and O–H groups in total. The maximum atomic E-state index is 13.2. The summed E-state index contributed by atoms with van der Waals surface area (Å²) in [7, 11) is 0. The van der Waals surface area contributed by atoms with E-state index in [-0.39, 0.29) is 11.8 Å². The van der Waals surface area contributed by atoms with Crippen LogP contribution in [0.3, 0.4) is 0 Å². The van der Waals surface area contributed by atoms with Gasteiger partial charge in [0, 0.05) is 50.4 Å². The number of nitrogens with zero attached hydrogens (tertiary/aromatic N) is 4. The van der Waals surface area contributed by atoms with Gasteiger partial charge in [-0.05, 0) is 36.8 Å². The van der Waals surface area contributed by atoms with Crippen LogP contribution in [0.2, 0.25) is 5.02 Å². The normalized spacial score (nSPS) is 17.4. The van der Waals surface area contributed by atoms with Crippen LogP contribution in [0.25, 0.3) is 0 Å². The first-order chi connectivity index (χ1) is 14.7. The van der Waals surface area contributed by atoms with Crippen molar-refractivity contribution in [2.45, 2.75) is 19.0 Å². The molecule has 10 heteroatoms. The van der Waals surface area contributed by atoms with Gasteiger partial charge in [0.1, 0.15) is 5.82 Å². The third-order valence-corrected chi connectivity index (χ3v) is 5.76. The fourth-order valence-electron chi connectivity index (χ4n) is 3.86. The molecule has 0 radical (unpaired) electrons. The van der Waals surface area contributed by atoms with Crippen LogP contribution in [-0.2, 0) is 11.0 Å². The molecule has 3 heterocycles. The standard InChI is InChI=1S/C21H20ClF3N4O2/c22-15-4-5-16(17(12-15)29-7-1-2-19(29)30)20(31)28-10-8-27(9-11-28)18-6-3-14(13-26-18)21(23,24)25/h3-6,12-13H,1-2,7-11H2. The fourth-order valence-corrected chi connectivity index (χ4v) is 4.03. The van der Waals surface area contributed by atoms with E-state index in [9.17, 15) is 22.8 Å². The zero-order chi connectivity index (χ0) is 22.2. The minimum atomic E-state index is -4.43. The third-order valence-electron chi connectivity index (χ3n) is 5.52. The number of halogens is 4. The van der Waals surface area contributed by atoms with Crippen molar-refractivity contribution in [3.8, 4) is 0 Å². The van der Waals surface area contributed by atoms with Crippen LogP contribution in [0, 0.1) is 0 Å². The number of hydrogen-bond acceptors (Lipinski definition) is 4. The second-order valence-electron chi connectivity index (χ2n) is 7.49. The Morgan fingerprint density at radius 2 is 1.77 bits per heavy atom. The molecule has 2 saturated heterocycles. The molecule has 0 atom stereocenters.